The molecule has 2 aromatic carbocycles. The lowest BCUT2D eigenvalue weighted by molar-refractivity contribution is 0.652. The van der Waals surface area contributed by atoms with E-state index in [9.17, 15) is 0 Å². The lowest BCUT2D eigenvalue weighted by atomic mass is 10.2. The van der Waals surface area contributed by atoms with Gasteiger partial charge in [0, 0.05) is 31.9 Å². The van der Waals surface area contributed by atoms with E-state index in [1.807, 2.05) is 12.1 Å². The molecule has 0 radical (unpaired) electrons. The van der Waals surface area contributed by atoms with E-state index < -0.39 is 0 Å². The molecule has 0 bridgehead atoms. The minimum absolute atomic E-state index is 0.803. The van der Waals surface area contributed by atoms with Crippen molar-refractivity contribution in [2.24, 2.45) is 0 Å². The van der Waals surface area contributed by atoms with Crippen LogP contribution >= 0.6 is 22.9 Å². The summed E-state index contributed by atoms with van der Waals surface area (Å²) < 4.78 is 1.10. The zero-order chi connectivity index (χ0) is 16.7. The van der Waals surface area contributed by atoms with Gasteiger partial charge in [-0.25, -0.2) is 4.98 Å². The van der Waals surface area contributed by atoms with Crippen LogP contribution < -0.4 is 9.80 Å². The summed E-state index contributed by atoms with van der Waals surface area (Å²) in [4.78, 5) is 9.69. The number of fused-ring (bicyclic) bond motifs is 1. The van der Waals surface area contributed by atoms with Crippen molar-refractivity contribution in [1.29, 1.82) is 0 Å². The van der Waals surface area contributed by atoms with Crippen molar-refractivity contribution >= 4 is 44.0 Å². The van der Waals surface area contributed by atoms with E-state index in [0.29, 0.717) is 0 Å². The third-order valence-electron chi connectivity index (χ3n) is 4.60. The maximum Gasteiger partial charge on any atom is 0.186 e. The Kier molecular flexibility index (Phi) is 4.10. The minimum atomic E-state index is 0.803. The van der Waals surface area contributed by atoms with Crippen molar-refractivity contribution in [1.82, 2.24) is 4.98 Å². The second-order valence-corrected chi connectivity index (χ2v) is 7.74. The highest BCUT2D eigenvalue weighted by Crippen LogP contribution is 2.36. The van der Waals surface area contributed by atoms with Gasteiger partial charge in [-0.15, -0.1) is 0 Å². The second kappa shape index (κ2) is 6.26. The molecule has 3 nitrogen and oxygen atoms in total. The predicted octanol–water partition coefficient (Wildman–Crippen LogP) is 4.89. The molecule has 0 spiro atoms. The van der Waals surface area contributed by atoms with Crippen LogP contribution in [0.1, 0.15) is 11.1 Å². The van der Waals surface area contributed by atoms with Crippen LogP contribution in [0.15, 0.2) is 36.4 Å². The first-order valence-electron chi connectivity index (χ1n) is 8.24. The number of thiazole rings is 1. The molecule has 2 heterocycles. The van der Waals surface area contributed by atoms with Gasteiger partial charge in [-0.05, 0) is 43.2 Å². The lowest BCUT2D eigenvalue weighted by Gasteiger charge is -2.36. The summed E-state index contributed by atoms with van der Waals surface area (Å²) in [7, 11) is 0. The monoisotopic (exact) mass is 357 g/mol. The average Bonchev–Trinajstić information content (AvgIpc) is 3.05. The summed E-state index contributed by atoms with van der Waals surface area (Å²) in [5.41, 5.74) is 4.86. The lowest BCUT2D eigenvalue weighted by Crippen LogP contribution is -2.46. The third kappa shape index (κ3) is 2.85. The zero-order valence-electron chi connectivity index (χ0n) is 13.9. The molecule has 1 aliphatic rings. The summed E-state index contributed by atoms with van der Waals surface area (Å²) in [5.74, 6) is 0. The van der Waals surface area contributed by atoms with Gasteiger partial charge in [0.2, 0.25) is 0 Å². The molecule has 5 heteroatoms. The first-order chi connectivity index (χ1) is 11.6. The van der Waals surface area contributed by atoms with Crippen molar-refractivity contribution < 1.29 is 0 Å². The molecule has 3 aromatic rings. The number of hydrogen-bond donors (Lipinski definition) is 0. The Labute approximate surface area is 151 Å². The first kappa shape index (κ1) is 15.7. The number of piperazine rings is 1. The Morgan fingerprint density at radius 1 is 1.00 bits per heavy atom. The van der Waals surface area contributed by atoms with Crippen molar-refractivity contribution in [2.75, 3.05) is 36.0 Å². The van der Waals surface area contributed by atoms with E-state index in [1.165, 1.54) is 16.8 Å². The Balaban J connectivity index is 1.54. The smallest absolute Gasteiger partial charge is 0.186 e. The van der Waals surface area contributed by atoms with E-state index in [1.54, 1.807) is 11.3 Å². The fraction of sp³-hybridized carbons (Fsp3) is 0.316. The van der Waals surface area contributed by atoms with Gasteiger partial charge in [0.1, 0.15) is 0 Å². The number of nitrogens with zero attached hydrogens (tertiary/aromatic N) is 3. The quantitative estimate of drug-likeness (QED) is 0.650. The van der Waals surface area contributed by atoms with Crippen LogP contribution in [0.3, 0.4) is 0 Å². The van der Waals surface area contributed by atoms with Crippen LogP contribution in [0.5, 0.6) is 0 Å². The maximum absolute atomic E-state index is 6.34. The summed E-state index contributed by atoms with van der Waals surface area (Å²) in [6.07, 6.45) is 0. The average molecular weight is 358 g/mol. The highest BCUT2D eigenvalue weighted by Gasteiger charge is 2.21. The molecular formula is C19H20ClN3S. The largest absolute Gasteiger partial charge is 0.368 e. The number of hydrogen-bond acceptors (Lipinski definition) is 4. The van der Waals surface area contributed by atoms with Gasteiger partial charge in [0.25, 0.3) is 0 Å². The van der Waals surface area contributed by atoms with Gasteiger partial charge >= 0.3 is 0 Å². The van der Waals surface area contributed by atoms with E-state index in [-0.39, 0.29) is 0 Å². The van der Waals surface area contributed by atoms with Crippen LogP contribution in [0.4, 0.5) is 10.8 Å². The molecule has 1 saturated heterocycles. The van der Waals surface area contributed by atoms with Gasteiger partial charge in [-0.2, -0.15) is 0 Å². The van der Waals surface area contributed by atoms with E-state index in [2.05, 4.69) is 47.9 Å². The molecule has 1 fully saturated rings. The number of aromatic nitrogens is 1. The zero-order valence-corrected chi connectivity index (χ0v) is 15.5. The van der Waals surface area contributed by atoms with Gasteiger partial charge in [-0.1, -0.05) is 41.1 Å². The molecule has 0 saturated carbocycles. The normalized spacial score (nSPS) is 15.3. The molecule has 0 aliphatic carbocycles. The maximum atomic E-state index is 6.34. The van der Waals surface area contributed by atoms with Crippen molar-refractivity contribution in [3.05, 3.63) is 52.5 Å². The molecule has 1 aliphatic heterocycles. The van der Waals surface area contributed by atoms with E-state index in [0.717, 1.165) is 46.5 Å². The summed E-state index contributed by atoms with van der Waals surface area (Å²) >= 11 is 8.05. The number of halogens is 1. The third-order valence-corrected chi connectivity index (χ3v) is 6.18. The highest BCUT2D eigenvalue weighted by atomic mass is 35.5. The molecule has 1 aromatic heterocycles. The fourth-order valence-corrected chi connectivity index (χ4v) is 4.57. The Morgan fingerprint density at radius 2 is 1.75 bits per heavy atom. The van der Waals surface area contributed by atoms with Gasteiger partial charge in [0.15, 0.2) is 5.13 Å². The van der Waals surface area contributed by atoms with Crippen LogP contribution in [-0.4, -0.2) is 31.2 Å². The summed E-state index contributed by atoms with van der Waals surface area (Å²) in [6, 6.07) is 12.8. The Hall–Kier alpha value is -1.78. The molecular weight excluding hydrogens is 338 g/mol. The molecule has 0 unspecified atom stereocenters. The molecule has 0 N–H and O–H groups in total. The van der Waals surface area contributed by atoms with Crippen LogP contribution in [0.25, 0.3) is 10.2 Å². The van der Waals surface area contributed by atoms with Crippen LogP contribution in [0.2, 0.25) is 5.02 Å². The van der Waals surface area contributed by atoms with Crippen LogP contribution in [-0.2, 0) is 0 Å². The number of anilines is 2. The minimum Gasteiger partial charge on any atom is -0.368 e. The standard InChI is InChI=1S/C19H20ClN3S/c1-13-4-3-5-15(12-13)22-8-10-23(11-9-22)19-21-17-14(2)6-7-16(20)18(17)24-19/h3-7,12H,8-11H2,1-2H3. The Morgan fingerprint density at radius 3 is 2.46 bits per heavy atom. The van der Waals surface area contributed by atoms with Gasteiger partial charge in [0.05, 0.1) is 15.2 Å². The van der Waals surface area contributed by atoms with Crippen LogP contribution in [0, 0.1) is 13.8 Å². The molecule has 0 amide bonds. The van der Waals surface area contributed by atoms with Crippen molar-refractivity contribution in [3.63, 3.8) is 0 Å². The van der Waals surface area contributed by atoms with Gasteiger partial charge in [-0.3, -0.25) is 0 Å². The SMILES string of the molecule is Cc1cccc(N2CCN(c3nc4c(C)ccc(Cl)c4s3)CC2)c1. The molecule has 24 heavy (non-hydrogen) atoms. The van der Waals surface area contributed by atoms with Crippen molar-refractivity contribution in [3.8, 4) is 0 Å². The molecule has 0 atom stereocenters. The predicted molar refractivity (Wildman–Crippen MR) is 105 cm³/mol. The van der Waals surface area contributed by atoms with E-state index in [4.69, 9.17) is 16.6 Å². The summed E-state index contributed by atoms with van der Waals surface area (Å²) in [5, 5.41) is 1.89. The number of rotatable bonds is 2. The molecule has 124 valence electrons. The van der Waals surface area contributed by atoms with Gasteiger partial charge < -0.3 is 9.80 Å². The Bertz CT molecular complexity index is 842. The number of aryl methyl sites for hydroxylation is 2. The molecule has 4 rings (SSSR count). The topological polar surface area (TPSA) is 19.4 Å². The fourth-order valence-electron chi connectivity index (χ4n) is 3.21. The number of benzene rings is 2. The summed E-state index contributed by atoms with van der Waals surface area (Å²) in [6.45, 7) is 8.26. The highest BCUT2D eigenvalue weighted by molar-refractivity contribution is 7.22. The first-order valence-corrected chi connectivity index (χ1v) is 9.43. The van der Waals surface area contributed by atoms with E-state index >= 15 is 0 Å². The second-order valence-electron chi connectivity index (χ2n) is 6.35. The van der Waals surface area contributed by atoms with Crippen molar-refractivity contribution in [2.45, 2.75) is 13.8 Å².